The molecule has 9 heteroatoms. The van der Waals surface area contributed by atoms with Gasteiger partial charge in [-0.15, -0.1) is 0 Å². The van der Waals surface area contributed by atoms with E-state index in [-0.39, 0.29) is 17.0 Å². The number of nitrogens with zero attached hydrogens (tertiary/aromatic N) is 3. The zero-order valence-electron chi connectivity index (χ0n) is 18.8. The highest BCUT2D eigenvalue weighted by atomic mass is 35.5. The predicted molar refractivity (Wildman–Crippen MR) is 133 cm³/mol. The van der Waals surface area contributed by atoms with Crippen LogP contribution in [0.5, 0.6) is 17.4 Å². The van der Waals surface area contributed by atoms with E-state index in [1.54, 1.807) is 60.8 Å². The Morgan fingerprint density at radius 3 is 2.63 bits per heavy atom. The minimum absolute atomic E-state index is 0.0721. The van der Waals surface area contributed by atoms with E-state index >= 15 is 0 Å². The van der Waals surface area contributed by atoms with Crippen molar-refractivity contribution in [2.45, 2.75) is 6.92 Å². The molecule has 174 valence electrons. The van der Waals surface area contributed by atoms with E-state index in [0.717, 1.165) is 11.6 Å². The topological polar surface area (TPSA) is 106 Å². The maximum absolute atomic E-state index is 13.4. The molecule has 0 radical (unpaired) electrons. The Bertz CT molecular complexity index is 1570. The summed E-state index contributed by atoms with van der Waals surface area (Å²) in [5.74, 6) is -0.0476. The lowest BCUT2D eigenvalue weighted by molar-refractivity contribution is -0.112. The summed E-state index contributed by atoms with van der Waals surface area (Å²) >= 11 is 5.97. The molecule has 1 amide bonds. The second-order valence-electron chi connectivity index (χ2n) is 7.41. The van der Waals surface area contributed by atoms with E-state index in [1.165, 1.54) is 11.5 Å². The molecule has 4 rings (SSSR count). The molecule has 0 aliphatic heterocycles. The van der Waals surface area contributed by atoms with Crippen LogP contribution in [0.1, 0.15) is 11.1 Å². The summed E-state index contributed by atoms with van der Waals surface area (Å²) in [5, 5.41) is 12.7. The van der Waals surface area contributed by atoms with E-state index in [9.17, 15) is 14.9 Å². The number of pyridine rings is 1. The number of nitrogens with one attached hydrogen (secondary N) is 1. The smallest absolute Gasteiger partial charge is 0.269 e. The maximum Gasteiger partial charge on any atom is 0.269 e. The van der Waals surface area contributed by atoms with Crippen molar-refractivity contribution in [3.8, 4) is 23.4 Å². The number of amides is 1. The molecule has 0 unspecified atom stereocenters. The van der Waals surface area contributed by atoms with Crippen LogP contribution < -0.4 is 20.3 Å². The molecule has 0 bridgehead atoms. The molecule has 0 aliphatic carbocycles. The number of carbonyl (C=O) groups excluding carboxylic acids is 1. The molecule has 35 heavy (non-hydrogen) atoms. The third-order valence-corrected chi connectivity index (χ3v) is 5.30. The number of halogens is 1. The number of rotatable bonds is 6. The van der Waals surface area contributed by atoms with Crippen LogP contribution in [0.4, 0.5) is 5.69 Å². The average molecular weight is 487 g/mol. The van der Waals surface area contributed by atoms with Crippen LogP contribution in [-0.4, -0.2) is 22.4 Å². The van der Waals surface area contributed by atoms with E-state index in [2.05, 4.69) is 10.3 Å². The SMILES string of the molecule is COc1ccccc1Oc1nc2c(C)cccn2c(=O)c1/C=C(/C#N)C(=O)Nc1cccc(Cl)c1. The average Bonchev–Trinajstić information content (AvgIpc) is 2.85. The van der Waals surface area contributed by atoms with E-state index in [1.807, 2.05) is 19.1 Å². The molecule has 0 saturated carbocycles. The molecule has 0 spiro atoms. The molecule has 0 aliphatic rings. The van der Waals surface area contributed by atoms with Gasteiger partial charge in [0.1, 0.15) is 22.9 Å². The summed E-state index contributed by atoms with van der Waals surface area (Å²) in [4.78, 5) is 30.8. The van der Waals surface area contributed by atoms with Crippen molar-refractivity contribution in [3.05, 3.63) is 98.9 Å². The highest BCUT2D eigenvalue weighted by molar-refractivity contribution is 6.31. The highest BCUT2D eigenvalue weighted by Gasteiger charge is 2.19. The van der Waals surface area contributed by atoms with Gasteiger partial charge < -0.3 is 14.8 Å². The number of hydrogen-bond donors (Lipinski definition) is 1. The van der Waals surface area contributed by atoms with Crippen LogP contribution in [-0.2, 0) is 4.79 Å². The Balaban J connectivity index is 1.85. The Hall–Kier alpha value is -4.61. The molecule has 2 aromatic heterocycles. The van der Waals surface area contributed by atoms with Gasteiger partial charge in [-0.05, 0) is 55.0 Å². The zero-order chi connectivity index (χ0) is 24.9. The molecule has 1 N–H and O–H groups in total. The summed E-state index contributed by atoms with van der Waals surface area (Å²) < 4.78 is 12.7. The van der Waals surface area contributed by atoms with Crippen molar-refractivity contribution in [2.24, 2.45) is 0 Å². The fraction of sp³-hybridized carbons (Fsp3) is 0.0769. The Morgan fingerprint density at radius 2 is 1.91 bits per heavy atom. The first kappa shape index (κ1) is 23.5. The number of para-hydroxylation sites is 2. The predicted octanol–water partition coefficient (Wildman–Crippen LogP) is 5.00. The molecular formula is C26H19ClN4O4. The number of aromatic nitrogens is 2. The fourth-order valence-electron chi connectivity index (χ4n) is 3.36. The van der Waals surface area contributed by atoms with Crippen LogP contribution in [0.15, 0.2) is 77.2 Å². The standard InChI is InChI=1S/C26H19ClN4O4/c1-16-7-6-12-31-23(16)30-25(35-22-11-4-3-10-21(22)34-2)20(26(31)33)13-17(15-28)24(32)29-19-9-5-8-18(27)14-19/h3-14H,1-2H3,(H,29,32)/b17-13-. The molecular weight excluding hydrogens is 468 g/mol. The second-order valence-corrected chi connectivity index (χ2v) is 7.84. The van der Waals surface area contributed by atoms with E-state index in [0.29, 0.717) is 27.9 Å². The Labute approximate surface area is 205 Å². The molecule has 0 atom stereocenters. The van der Waals surface area contributed by atoms with Crippen LogP contribution >= 0.6 is 11.6 Å². The summed E-state index contributed by atoms with van der Waals surface area (Å²) in [7, 11) is 1.49. The van der Waals surface area contributed by atoms with Gasteiger partial charge >= 0.3 is 0 Å². The third kappa shape index (κ3) is 5.00. The van der Waals surface area contributed by atoms with Crippen LogP contribution in [0.25, 0.3) is 11.7 Å². The lowest BCUT2D eigenvalue weighted by atomic mass is 10.1. The molecule has 8 nitrogen and oxygen atoms in total. The summed E-state index contributed by atoms with van der Waals surface area (Å²) in [6, 6.07) is 18.7. The van der Waals surface area contributed by atoms with Gasteiger partial charge in [-0.1, -0.05) is 35.9 Å². The molecule has 2 heterocycles. The van der Waals surface area contributed by atoms with E-state index in [4.69, 9.17) is 21.1 Å². The number of benzene rings is 2. The highest BCUT2D eigenvalue weighted by Crippen LogP contribution is 2.32. The summed E-state index contributed by atoms with van der Waals surface area (Å²) in [6.07, 6.45) is 2.72. The number of carbonyl (C=O) groups is 1. The quantitative estimate of drug-likeness (QED) is 0.303. The van der Waals surface area contributed by atoms with Crippen molar-refractivity contribution >= 4 is 34.9 Å². The van der Waals surface area contributed by atoms with Gasteiger partial charge in [0.15, 0.2) is 11.5 Å². The van der Waals surface area contributed by atoms with Gasteiger partial charge in [0, 0.05) is 16.9 Å². The van der Waals surface area contributed by atoms with Crippen molar-refractivity contribution in [1.29, 1.82) is 5.26 Å². The summed E-state index contributed by atoms with van der Waals surface area (Å²) in [5.41, 5.74) is 0.619. The maximum atomic E-state index is 13.4. The van der Waals surface area contributed by atoms with Gasteiger partial charge in [0.05, 0.1) is 7.11 Å². The Morgan fingerprint density at radius 1 is 1.14 bits per heavy atom. The van der Waals surface area contributed by atoms with Crippen molar-refractivity contribution < 1.29 is 14.3 Å². The van der Waals surface area contributed by atoms with Gasteiger partial charge in [-0.25, -0.2) is 0 Å². The van der Waals surface area contributed by atoms with Crippen molar-refractivity contribution in [3.63, 3.8) is 0 Å². The lowest BCUT2D eigenvalue weighted by Gasteiger charge is -2.13. The number of methoxy groups -OCH3 is 1. The number of anilines is 1. The number of nitriles is 1. The van der Waals surface area contributed by atoms with Crippen molar-refractivity contribution in [1.82, 2.24) is 9.38 Å². The normalized spacial score (nSPS) is 11.1. The Kier molecular flexibility index (Phi) is 6.81. The van der Waals surface area contributed by atoms with Gasteiger partial charge in [-0.2, -0.15) is 10.2 Å². The summed E-state index contributed by atoms with van der Waals surface area (Å²) in [6.45, 7) is 1.81. The molecule has 2 aromatic carbocycles. The minimum Gasteiger partial charge on any atom is -0.493 e. The molecule has 0 saturated heterocycles. The molecule has 4 aromatic rings. The van der Waals surface area contributed by atoms with Gasteiger partial charge in [0.2, 0.25) is 5.88 Å². The fourth-order valence-corrected chi connectivity index (χ4v) is 3.55. The van der Waals surface area contributed by atoms with Crippen LogP contribution in [0.2, 0.25) is 5.02 Å². The number of aryl methyl sites for hydroxylation is 1. The lowest BCUT2D eigenvalue weighted by Crippen LogP contribution is -2.20. The zero-order valence-corrected chi connectivity index (χ0v) is 19.5. The second kappa shape index (κ2) is 10.1. The van der Waals surface area contributed by atoms with Gasteiger partial charge in [0.25, 0.3) is 11.5 Å². The van der Waals surface area contributed by atoms with Crippen LogP contribution in [0.3, 0.4) is 0 Å². The van der Waals surface area contributed by atoms with E-state index < -0.39 is 11.5 Å². The van der Waals surface area contributed by atoms with Crippen molar-refractivity contribution in [2.75, 3.05) is 12.4 Å². The first-order valence-corrected chi connectivity index (χ1v) is 10.8. The number of hydrogen-bond acceptors (Lipinski definition) is 6. The molecule has 0 fully saturated rings. The first-order valence-electron chi connectivity index (χ1n) is 10.4. The third-order valence-electron chi connectivity index (χ3n) is 5.06. The number of ether oxygens (including phenoxy) is 2. The first-order chi connectivity index (χ1) is 16.9. The van der Waals surface area contributed by atoms with Gasteiger partial charge in [-0.3, -0.25) is 14.0 Å². The van der Waals surface area contributed by atoms with Crippen LogP contribution in [0, 0.1) is 18.3 Å². The minimum atomic E-state index is -0.716. The largest absolute Gasteiger partial charge is 0.493 e. The monoisotopic (exact) mass is 486 g/mol. The number of fused-ring (bicyclic) bond motifs is 1.